The zero-order valence-electron chi connectivity index (χ0n) is 13.3. The normalized spacial score (nSPS) is 16.7. The molecule has 1 aliphatic rings. The van der Waals surface area contributed by atoms with Crippen molar-refractivity contribution >= 4 is 24.8 Å². The maximum Gasteiger partial charge on any atom is 0.0351 e. The number of hydrogen-bond donors (Lipinski definition) is 1. The minimum Gasteiger partial charge on any atom is -0.314 e. The number of nitrogens with zero attached hydrogens (tertiary/aromatic N) is 1. The van der Waals surface area contributed by atoms with Crippen molar-refractivity contribution in [2.75, 3.05) is 26.2 Å². The van der Waals surface area contributed by atoms with Gasteiger partial charge in [0.25, 0.3) is 0 Å². The lowest BCUT2D eigenvalue weighted by Crippen LogP contribution is -2.45. The van der Waals surface area contributed by atoms with Gasteiger partial charge in [-0.15, -0.1) is 24.8 Å². The maximum absolute atomic E-state index is 3.46. The molecule has 0 radical (unpaired) electrons. The summed E-state index contributed by atoms with van der Waals surface area (Å²) in [7, 11) is 0. The first-order valence-corrected chi connectivity index (χ1v) is 7.83. The van der Waals surface area contributed by atoms with Crippen molar-refractivity contribution < 1.29 is 0 Å². The van der Waals surface area contributed by atoms with E-state index in [9.17, 15) is 0 Å². The van der Waals surface area contributed by atoms with E-state index in [-0.39, 0.29) is 24.8 Å². The van der Waals surface area contributed by atoms with Gasteiger partial charge in [0.1, 0.15) is 0 Å². The van der Waals surface area contributed by atoms with E-state index >= 15 is 0 Å². The summed E-state index contributed by atoms with van der Waals surface area (Å²) in [4.78, 5) is 2.68. The van der Waals surface area contributed by atoms with Crippen molar-refractivity contribution in [1.29, 1.82) is 0 Å². The van der Waals surface area contributed by atoms with E-state index in [0.717, 1.165) is 13.1 Å². The van der Waals surface area contributed by atoms with E-state index in [4.69, 9.17) is 0 Å². The Labute approximate surface area is 142 Å². The first kappa shape index (κ1) is 20.7. The highest BCUT2D eigenvalue weighted by Gasteiger charge is 2.22. The van der Waals surface area contributed by atoms with Crippen LogP contribution in [0.3, 0.4) is 0 Å². The lowest BCUT2D eigenvalue weighted by Gasteiger charge is -2.36. The zero-order chi connectivity index (χ0) is 13.5. The van der Waals surface area contributed by atoms with Crippen LogP contribution in [0, 0.1) is 6.92 Å². The molecule has 2 rings (SSSR count). The molecule has 0 unspecified atom stereocenters. The Hall–Kier alpha value is -0.280. The summed E-state index contributed by atoms with van der Waals surface area (Å²) in [5, 5.41) is 3.46. The van der Waals surface area contributed by atoms with Crippen LogP contribution in [0.4, 0.5) is 0 Å². The average molecular weight is 333 g/mol. The van der Waals surface area contributed by atoms with Gasteiger partial charge >= 0.3 is 0 Å². The average Bonchev–Trinajstić information content (AvgIpc) is 2.46. The van der Waals surface area contributed by atoms with Crippen molar-refractivity contribution in [3.63, 3.8) is 0 Å². The number of nitrogens with one attached hydrogen (secondary N) is 1. The molecular weight excluding hydrogens is 303 g/mol. The van der Waals surface area contributed by atoms with Crippen LogP contribution in [0.15, 0.2) is 24.3 Å². The lowest BCUT2D eigenvalue weighted by molar-refractivity contribution is 0.162. The van der Waals surface area contributed by atoms with E-state index in [2.05, 4.69) is 48.3 Å². The minimum absolute atomic E-state index is 0. The van der Waals surface area contributed by atoms with E-state index in [0.29, 0.717) is 6.04 Å². The Kier molecular flexibility index (Phi) is 11.2. The lowest BCUT2D eigenvalue weighted by atomic mass is 9.94. The van der Waals surface area contributed by atoms with Crippen molar-refractivity contribution in [2.24, 2.45) is 0 Å². The molecular formula is C17H30Cl2N2. The van der Waals surface area contributed by atoms with Crippen molar-refractivity contribution in [3.05, 3.63) is 35.4 Å². The first-order valence-electron chi connectivity index (χ1n) is 7.83. The second-order valence-electron chi connectivity index (χ2n) is 5.65. The molecule has 1 saturated heterocycles. The molecule has 1 aliphatic heterocycles. The summed E-state index contributed by atoms with van der Waals surface area (Å²) in [5.41, 5.74) is 2.99. The second kappa shape index (κ2) is 11.3. The van der Waals surface area contributed by atoms with Gasteiger partial charge in [-0.05, 0) is 24.5 Å². The van der Waals surface area contributed by atoms with Gasteiger partial charge in [-0.3, -0.25) is 4.90 Å². The SMILES string of the molecule is CCCCC[C@@H](c1ccccc1C)N1CCNCC1.Cl.Cl. The van der Waals surface area contributed by atoms with Crippen molar-refractivity contribution in [1.82, 2.24) is 10.2 Å². The molecule has 0 spiro atoms. The van der Waals surface area contributed by atoms with E-state index in [1.807, 2.05) is 0 Å². The minimum atomic E-state index is 0. The predicted molar refractivity (Wildman–Crippen MR) is 97.0 cm³/mol. The van der Waals surface area contributed by atoms with Crippen LogP contribution in [-0.2, 0) is 0 Å². The summed E-state index contributed by atoms with van der Waals surface area (Å²) in [6, 6.07) is 9.55. The molecule has 21 heavy (non-hydrogen) atoms. The Bertz CT molecular complexity index is 379. The van der Waals surface area contributed by atoms with Crippen molar-refractivity contribution in [2.45, 2.75) is 45.6 Å². The van der Waals surface area contributed by atoms with E-state index in [1.54, 1.807) is 5.56 Å². The zero-order valence-corrected chi connectivity index (χ0v) is 14.9. The van der Waals surface area contributed by atoms with Gasteiger partial charge in [0.15, 0.2) is 0 Å². The smallest absolute Gasteiger partial charge is 0.0351 e. The monoisotopic (exact) mass is 332 g/mol. The fraction of sp³-hybridized carbons (Fsp3) is 0.647. The highest BCUT2D eigenvalue weighted by atomic mass is 35.5. The molecule has 2 nitrogen and oxygen atoms in total. The van der Waals surface area contributed by atoms with Crippen LogP contribution < -0.4 is 5.32 Å². The molecule has 1 aromatic rings. The summed E-state index contributed by atoms with van der Waals surface area (Å²) in [5.74, 6) is 0. The van der Waals surface area contributed by atoms with Gasteiger partial charge < -0.3 is 5.32 Å². The van der Waals surface area contributed by atoms with Crippen LogP contribution in [0.1, 0.15) is 49.8 Å². The highest BCUT2D eigenvalue weighted by molar-refractivity contribution is 5.85. The quantitative estimate of drug-likeness (QED) is 0.778. The molecule has 0 amide bonds. The largest absolute Gasteiger partial charge is 0.314 e. The number of piperazine rings is 1. The van der Waals surface area contributed by atoms with Crippen LogP contribution in [0.5, 0.6) is 0 Å². The Balaban J connectivity index is 0.00000200. The molecule has 0 bridgehead atoms. The van der Waals surface area contributed by atoms with Crippen LogP contribution in [0.2, 0.25) is 0 Å². The number of aryl methyl sites for hydroxylation is 1. The number of unbranched alkanes of at least 4 members (excludes halogenated alkanes) is 2. The summed E-state index contributed by atoms with van der Waals surface area (Å²) in [6.45, 7) is 9.18. The summed E-state index contributed by atoms with van der Waals surface area (Å²) >= 11 is 0. The van der Waals surface area contributed by atoms with Gasteiger partial charge in [0.2, 0.25) is 0 Å². The second-order valence-corrected chi connectivity index (χ2v) is 5.65. The van der Waals surface area contributed by atoms with Gasteiger partial charge in [0.05, 0.1) is 0 Å². The third-order valence-corrected chi connectivity index (χ3v) is 4.22. The predicted octanol–water partition coefficient (Wildman–Crippen LogP) is 4.37. The standard InChI is InChI=1S/C17H28N2.2ClH/c1-3-4-5-10-17(19-13-11-18-12-14-19)16-9-7-6-8-15(16)2;;/h6-9,17-18H,3-5,10-14H2,1-2H3;2*1H/t17-;;/m0../s1. The summed E-state index contributed by atoms with van der Waals surface area (Å²) in [6.07, 6.45) is 5.31. The van der Waals surface area contributed by atoms with Gasteiger partial charge in [-0.2, -0.15) is 0 Å². The first-order chi connectivity index (χ1) is 9.33. The molecule has 0 aliphatic carbocycles. The Morgan fingerprint density at radius 1 is 1.10 bits per heavy atom. The molecule has 1 heterocycles. The number of rotatable bonds is 6. The molecule has 122 valence electrons. The van der Waals surface area contributed by atoms with Gasteiger partial charge in [-0.1, -0.05) is 50.5 Å². The molecule has 1 atom stereocenters. The van der Waals surface area contributed by atoms with E-state index in [1.165, 1.54) is 44.3 Å². The topological polar surface area (TPSA) is 15.3 Å². The van der Waals surface area contributed by atoms with Crippen LogP contribution in [0.25, 0.3) is 0 Å². The van der Waals surface area contributed by atoms with Crippen LogP contribution >= 0.6 is 24.8 Å². The molecule has 0 saturated carbocycles. The van der Waals surface area contributed by atoms with Gasteiger partial charge in [-0.25, -0.2) is 0 Å². The molecule has 1 aromatic carbocycles. The highest BCUT2D eigenvalue weighted by Crippen LogP contribution is 2.29. The third-order valence-electron chi connectivity index (χ3n) is 4.22. The number of halogens is 2. The Morgan fingerprint density at radius 3 is 2.38 bits per heavy atom. The molecule has 4 heteroatoms. The third kappa shape index (κ3) is 6.15. The number of benzene rings is 1. The van der Waals surface area contributed by atoms with Crippen LogP contribution in [-0.4, -0.2) is 31.1 Å². The molecule has 1 fully saturated rings. The molecule has 1 N–H and O–H groups in total. The maximum atomic E-state index is 3.46. The fourth-order valence-electron chi connectivity index (χ4n) is 3.08. The van der Waals surface area contributed by atoms with Gasteiger partial charge in [0, 0.05) is 32.2 Å². The number of hydrogen-bond acceptors (Lipinski definition) is 2. The fourth-order valence-corrected chi connectivity index (χ4v) is 3.08. The van der Waals surface area contributed by atoms with E-state index < -0.39 is 0 Å². The van der Waals surface area contributed by atoms with Crippen molar-refractivity contribution in [3.8, 4) is 0 Å². The summed E-state index contributed by atoms with van der Waals surface area (Å²) < 4.78 is 0. The molecule has 0 aromatic heterocycles. The Morgan fingerprint density at radius 2 is 1.76 bits per heavy atom.